The van der Waals surface area contributed by atoms with Gasteiger partial charge >= 0.3 is 5.97 Å². The number of ketones is 2. The Morgan fingerprint density at radius 1 is 0.567 bits per heavy atom. The van der Waals surface area contributed by atoms with E-state index in [-0.39, 0.29) is 92.6 Å². The van der Waals surface area contributed by atoms with E-state index in [1.54, 1.807) is 19.9 Å². The van der Waals surface area contributed by atoms with E-state index < -0.39 is 7.53 Å². The average molecular weight is 1390 g/mol. The quantitative estimate of drug-likeness (QED) is 0.0400. The molecule has 10 nitrogen and oxygen atoms in total. The third-order valence-corrected chi connectivity index (χ3v) is 39.4. The van der Waals surface area contributed by atoms with Gasteiger partial charge in [-0.3, -0.25) is 9.59 Å². The van der Waals surface area contributed by atoms with Crippen LogP contribution in [0, 0.1) is 27.1 Å². The van der Waals surface area contributed by atoms with Gasteiger partial charge in [-0.15, -0.1) is 35.7 Å². The van der Waals surface area contributed by atoms with E-state index in [0.29, 0.717) is 52.1 Å². The smallest absolute Gasteiger partial charge is 0.306 e. The Labute approximate surface area is 564 Å². The molecular formula is C73H133O10P7. The Morgan fingerprint density at radius 3 is 1.39 bits per heavy atom. The summed E-state index contributed by atoms with van der Waals surface area (Å²) >= 11 is 0. The maximum atomic E-state index is 11.3. The summed E-state index contributed by atoms with van der Waals surface area (Å²) in [4.78, 5) is 33.1. The van der Waals surface area contributed by atoms with Crippen molar-refractivity contribution in [3.8, 4) is 0 Å². The minimum Gasteiger partial charge on any atom is -0.455 e. The van der Waals surface area contributed by atoms with Gasteiger partial charge in [0.15, 0.2) is 11.9 Å². The Balaban J connectivity index is 0.000000386. The molecule has 16 atom stereocenters. The van der Waals surface area contributed by atoms with Gasteiger partial charge in [-0.05, 0) is 198 Å². The molecular weight excluding hydrogens is 1250 g/mol. The zero-order valence-corrected chi connectivity index (χ0v) is 67.7. The van der Waals surface area contributed by atoms with Crippen LogP contribution in [0.4, 0.5) is 0 Å². The largest absolute Gasteiger partial charge is 0.455 e. The first-order valence-electron chi connectivity index (χ1n) is 34.0. The van der Waals surface area contributed by atoms with E-state index in [1.807, 2.05) is 6.08 Å². The fraction of sp³-hybridized carbons (Fsp3) is 0.795. The Bertz CT molecular complexity index is 2270. The number of Topliss-reactive ketones (excluding diaryl/α,β-unsaturated/α-hetero) is 1. The van der Waals surface area contributed by atoms with E-state index in [9.17, 15) is 14.4 Å². The molecule has 0 aromatic rings. The number of ether oxygens (including phenoxy) is 6. The minimum atomic E-state index is -0.423. The van der Waals surface area contributed by atoms with Crippen molar-refractivity contribution in [2.45, 2.75) is 346 Å². The van der Waals surface area contributed by atoms with Gasteiger partial charge in [0.25, 0.3) is 0 Å². The van der Waals surface area contributed by atoms with Crippen LogP contribution >= 0.6 is 57.2 Å². The zero-order valence-electron chi connectivity index (χ0n) is 60.4. The lowest BCUT2D eigenvalue weighted by Crippen LogP contribution is -2.33. The normalized spacial score (nSPS) is 26.8. The van der Waals surface area contributed by atoms with E-state index in [0.717, 1.165) is 107 Å². The highest BCUT2D eigenvalue weighted by atomic mass is 33.0. The number of carbonyl (C=O) groups is 3. The van der Waals surface area contributed by atoms with Gasteiger partial charge in [0, 0.05) is 19.3 Å². The van der Waals surface area contributed by atoms with Gasteiger partial charge in [0.1, 0.15) is 5.78 Å². The number of allylic oxidation sites excluding steroid dienone is 1. The topological polar surface area (TPSA) is 116 Å². The molecule has 10 unspecified atom stereocenters. The summed E-state index contributed by atoms with van der Waals surface area (Å²) in [5.41, 5.74) is 7.63. The summed E-state index contributed by atoms with van der Waals surface area (Å²) in [6.07, 6.45) is 27.7. The van der Waals surface area contributed by atoms with Crippen molar-refractivity contribution in [2.24, 2.45) is 27.1 Å². The van der Waals surface area contributed by atoms with Crippen molar-refractivity contribution in [1.82, 2.24) is 0 Å². The first kappa shape index (κ1) is 86.1. The lowest BCUT2D eigenvalue weighted by molar-refractivity contribution is -0.158. The molecule has 6 aliphatic heterocycles. The van der Waals surface area contributed by atoms with Crippen molar-refractivity contribution < 1.29 is 47.3 Å². The molecule has 17 heteroatoms. The monoisotopic (exact) mass is 1390 g/mol. The van der Waals surface area contributed by atoms with E-state index in [4.69, 9.17) is 32.9 Å². The molecule has 0 amide bonds. The number of rotatable bonds is 24. The second kappa shape index (κ2) is 40.8. The van der Waals surface area contributed by atoms with Gasteiger partial charge < -0.3 is 37.7 Å². The van der Waals surface area contributed by atoms with Gasteiger partial charge in [-0.2, -0.15) is 0 Å². The molecule has 0 bridgehead atoms. The molecule has 0 N–H and O–H groups in total. The molecule has 6 saturated heterocycles. The minimum absolute atomic E-state index is 0.0383. The number of unbranched alkanes of at least 4 members (excludes halogenated alkanes) is 1. The molecule has 0 aromatic carbocycles. The van der Waals surface area contributed by atoms with Gasteiger partial charge in [0.05, 0.1) is 74.7 Å². The molecule has 6 aliphatic rings. The third-order valence-electron chi connectivity index (χ3n) is 16.9. The van der Waals surface area contributed by atoms with Crippen LogP contribution in [-0.4, -0.2) is 90.8 Å². The van der Waals surface area contributed by atoms with Crippen molar-refractivity contribution >= 4 is 74.8 Å². The fourth-order valence-corrected chi connectivity index (χ4v) is 44.3. The summed E-state index contributed by atoms with van der Waals surface area (Å²) in [5, 5.41) is 0. The molecule has 0 saturated carbocycles. The lowest BCUT2D eigenvalue weighted by Gasteiger charge is -2.31. The van der Waals surface area contributed by atoms with E-state index in [2.05, 4.69) is 186 Å². The van der Waals surface area contributed by atoms with E-state index in [1.165, 1.54) is 48.8 Å². The van der Waals surface area contributed by atoms with Crippen LogP contribution in [0.5, 0.6) is 0 Å². The third kappa shape index (κ3) is 36.6. The standard InChI is InChI=1S/C15H26O2.C15H24O2.C15H28O.C14H22O3.C14H33O2P7/c2*1-11-10-13(7-6-12(2)16)17-14(11)8-9-15(3,4)5;1-6-7-8-13-11-12(2)14(16-13)9-10-15(3,4)5;1-9-10(7-8-14(2,3)4)16-11-5-6-12(15)17-13(9)11;1-6-11(16-21(22(17)18)23(19)20)13-9-10(2)12(15-13)7-8-14(3,4)5/h13-14H,1,6-10H2,2-5H3;6-7,13-14H,1,8-10H2,2-5H3;13-14H,2,6-11H2,1,3-5H3;10-11,13H,1,5-8H2,2-4H3;11-13H,2,6-9,17-20H2,1,3-5H3/t13?,14-;2*13-,14?;10-,11?,13-;11?,12?,13-/m00001/s1. The predicted octanol–water partition coefficient (Wildman–Crippen LogP) is 22.8. The summed E-state index contributed by atoms with van der Waals surface area (Å²) in [5.74, 6) is 0.196. The van der Waals surface area contributed by atoms with Crippen molar-refractivity contribution in [1.29, 1.82) is 0 Å². The van der Waals surface area contributed by atoms with Crippen LogP contribution < -0.4 is 0 Å². The fourth-order valence-electron chi connectivity index (χ4n) is 11.3. The SMILES string of the molecule is C=C1CC(CCC(C)=O)O[C@H]1CCC(C)(C)C.C=C1C[C@H](C(CC)OP(P(P)P)P(P)P)OC1CCC(C)(C)C.C=C1C[C@H](C=CC(C)=O)OC1CCC(C)(C)C.C=C1C[C@H](CCCC)OC1CCC(C)(C)C.C=C1[C@H](CCC(C)(C)C)OC2CCC(=O)O[C@@H]12. The first-order chi connectivity index (χ1) is 41.4. The molecule has 0 spiro atoms. The van der Waals surface area contributed by atoms with Crippen LogP contribution in [0.15, 0.2) is 72.9 Å². The lowest BCUT2D eigenvalue weighted by atomic mass is 9.87. The van der Waals surface area contributed by atoms with Crippen LogP contribution in [0.3, 0.4) is 0 Å². The molecule has 0 aliphatic carbocycles. The maximum absolute atomic E-state index is 11.3. The van der Waals surface area contributed by atoms with Gasteiger partial charge in [-0.25, -0.2) is 0 Å². The van der Waals surface area contributed by atoms with Crippen molar-refractivity contribution in [3.63, 3.8) is 0 Å². The second-order valence-corrected chi connectivity index (χ2v) is 56.0. The highest BCUT2D eigenvalue weighted by molar-refractivity contribution is 8.96. The Hall–Kier alpha value is 0.0200. The molecule has 520 valence electrons. The molecule has 6 heterocycles. The van der Waals surface area contributed by atoms with E-state index >= 15 is 0 Å². The Morgan fingerprint density at radius 2 is 0.978 bits per heavy atom. The van der Waals surface area contributed by atoms with Gasteiger partial charge in [0.2, 0.25) is 0 Å². The molecule has 0 aromatic heterocycles. The predicted molar refractivity (Wildman–Crippen MR) is 404 cm³/mol. The summed E-state index contributed by atoms with van der Waals surface area (Å²) in [6, 6.07) is 0. The highest BCUT2D eigenvalue weighted by Gasteiger charge is 2.44. The average Bonchev–Trinajstić information content (AvgIpc) is 1.79. The second-order valence-electron chi connectivity index (χ2n) is 32.4. The Kier molecular flexibility index (Phi) is 39.0. The number of esters is 1. The maximum Gasteiger partial charge on any atom is 0.306 e. The van der Waals surface area contributed by atoms with Crippen molar-refractivity contribution in [3.05, 3.63) is 72.9 Å². The zero-order chi connectivity index (χ0) is 68.7. The highest BCUT2D eigenvalue weighted by Crippen LogP contribution is 2.98. The van der Waals surface area contributed by atoms with Crippen LogP contribution in [0.25, 0.3) is 0 Å². The summed E-state index contributed by atoms with van der Waals surface area (Å²) < 4.78 is 42.1. The molecule has 90 heavy (non-hydrogen) atoms. The van der Waals surface area contributed by atoms with Crippen molar-refractivity contribution in [2.75, 3.05) is 0 Å². The van der Waals surface area contributed by atoms with Crippen LogP contribution in [-0.2, 0) is 47.3 Å². The number of carbonyl (C=O) groups excluding carboxylic acids is 3. The summed E-state index contributed by atoms with van der Waals surface area (Å²) in [6.45, 7) is 61.7. The number of fused-ring (bicyclic) bond motifs is 1. The molecule has 6 fully saturated rings. The van der Waals surface area contributed by atoms with Crippen LogP contribution in [0.1, 0.15) is 273 Å². The molecule has 6 rings (SSSR count). The van der Waals surface area contributed by atoms with Crippen LogP contribution in [0.2, 0.25) is 0 Å². The first-order valence-corrected chi connectivity index (χ1v) is 45.8. The van der Waals surface area contributed by atoms with Gasteiger partial charge in [-0.1, -0.05) is 170 Å². The molecule has 0 radical (unpaired) electrons. The number of hydrogen-bond donors (Lipinski definition) is 0. The number of hydrogen-bond acceptors (Lipinski definition) is 10. The summed E-state index contributed by atoms with van der Waals surface area (Å²) in [7, 11) is 11.3.